The molecule has 2 aliphatic carbocycles. The Morgan fingerprint density at radius 1 is 1.03 bits per heavy atom. The highest BCUT2D eigenvalue weighted by Gasteiger charge is 2.30. The minimum atomic E-state index is 0.0367. The lowest BCUT2D eigenvalue weighted by atomic mass is 9.84. The van der Waals surface area contributed by atoms with Gasteiger partial charge in [0.15, 0.2) is 0 Å². The fourth-order valence-corrected chi connectivity index (χ4v) is 7.42. The van der Waals surface area contributed by atoms with E-state index in [2.05, 4.69) is 33.6 Å². The normalized spacial score (nSPS) is 22.7. The summed E-state index contributed by atoms with van der Waals surface area (Å²) in [6.07, 6.45) is 15.5. The van der Waals surface area contributed by atoms with Gasteiger partial charge in [-0.15, -0.1) is 0 Å². The van der Waals surface area contributed by atoms with Gasteiger partial charge in [-0.05, 0) is 89.5 Å². The molecule has 2 fully saturated rings. The second-order valence-electron chi connectivity index (χ2n) is 12.5. The molecule has 2 aromatic heterocycles. The minimum Gasteiger partial charge on any atom is -0.349 e. The van der Waals surface area contributed by atoms with Crippen LogP contribution in [0.1, 0.15) is 118 Å². The molecule has 208 valence electrons. The van der Waals surface area contributed by atoms with Crippen LogP contribution in [0.3, 0.4) is 0 Å². The third-order valence-electron chi connectivity index (χ3n) is 9.57. The summed E-state index contributed by atoms with van der Waals surface area (Å²) in [6, 6.07) is 10.5. The Bertz CT molecular complexity index is 1280. The number of rotatable bonds is 7. The summed E-state index contributed by atoms with van der Waals surface area (Å²) in [4.78, 5) is 25.4. The van der Waals surface area contributed by atoms with Crippen molar-refractivity contribution in [1.29, 1.82) is 0 Å². The van der Waals surface area contributed by atoms with Crippen LogP contribution in [0.5, 0.6) is 0 Å². The van der Waals surface area contributed by atoms with E-state index >= 15 is 0 Å². The first-order chi connectivity index (χ1) is 19.1. The fraction of sp³-hybridized carbons (Fsp3) is 0.606. The predicted octanol–water partition coefficient (Wildman–Crippen LogP) is 6.80. The molecular formula is C33H45N5O. The summed E-state index contributed by atoms with van der Waals surface area (Å²) in [7, 11) is 0. The lowest BCUT2D eigenvalue weighted by Crippen LogP contribution is -2.38. The molecule has 0 bridgehead atoms. The minimum absolute atomic E-state index is 0.0367. The van der Waals surface area contributed by atoms with Gasteiger partial charge in [0.2, 0.25) is 0 Å². The molecule has 0 saturated heterocycles. The fourth-order valence-electron chi connectivity index (χ4n) is 7.42. The predicted molar refractivity (Wildman–Crippen MR) is 157 cm³/mol. The van der Waals surface area contributed by atoms with E-state index in [-0.39, 0.29) is 11.9 Å². The number of hydrogen-bond donors (Lipinski definition) is 1. The smallest absolute Gasteiger partial charge is 0.252 e. The summed E-state index contributed by atoms with van der Waals surface area (Å²) >= 11 is 0. The Labute approximate surface area is 233 Å². The Morgan fingerprint density at radius 2 is 1.85 bits per heavy atom. The van der Waals surface area contributed by atoms with Crippen LogP contribution in [0.4, 0.5) is 0 Å². The van der Waals surface area contributed by atoms with Gasteiger partial charge in [-0.25, -0.2) is 4.98 Å². The molecule has 1 N–H and O–H groups in total. The van der Waals surface area contributed by atoms with E-state index in [1.807, 2.05) is 30.3 Å². The summed E-state index contributed by atoms with van der Waals surface area (Å²) in [6.45, 7) is 8.00. The van der Waals surface area contributed by atoms with Crippen LogP contribution in [-0.4, -0.2) is 44.5 Å². The van der Waals surface area contributed by atoms with Crippen LogP contribution in [0.2, 0.25) is 0 Å². The van der Waals surface area contributed by atoms with Crippen LogP contribution in [0.15, 0.2) is 36.5 Å². The number of imidazole rings is 1. The molecule has 0 atom stereocenters. The highest BCUT2D eigenvalue weighted by molar-refractivity contribution is 6.06. The van der Waals surface area contributed by atoms with Crippen molar-refractivity contribution in [3.63, 3.8) is 0 Å². The number of pyridine rings is 1. The van der Waals surface area contributed by atoms with E-state index in [1.54, 1.807) is 6.20 Å². The molecule has 6 nitrogen and oxygen atoms in total. The molecule has 3 aliphatic rings. The van der Waals surface area contributed by atoms with Crippen molar-refractivity contribution >= 4 is 16.8 Å². The van der Waals surface area contributed by atoms with E-state index in [0.717, 1.165) is 61.3 Å². The van der Waals surface area contributed by atoms with Gasteiger partial charge < -0.3 is 9.88 Å². The molecule has 6 rings (SSSR count). The third kappa shape index (κ3) is 5.77. The molecule has 1 amide bonds. The molecule has 39 heavy (non-hydrogen) atoms. The van der Waals surface area contributed by atoms with Gasteiger partial charge in [0.05, 0.1) is 11.2 Å². The Hall–Kier alpha value is -2.73. The summed E-state index contributed by atoms with van der Waals surface area (Å²) in [5.74, 6) is 2.84. The van der Waals surface area contributed by atoms with Crippen molar-refractivity contribution in [3.05, 3.63) is 59.3 Å². The maximum absolute atomic E-state index is 13.1. The number of fused-ring (bicyclic) bond motifs is 2. The van der Waals surface area contributed by atoms with Crippen molar-refractivity contribution in [1.82, 2.24) is 24.8 Å². The average Bonchev–Trinajstić information content (AvgIpc) is 3.36. The first kappa shape index (κ1) is 26.5. The zero-order valence-corrected chi connectivity index (χ0v) is 23.9. The van der Waals surface area contributed by atoms with E-state index in [1.165, 1.54) is 68.6 Å². The number of aromatic nitrogens is 3. The molecule has 3 aromatic rings. The van der Waals surface area contributed by atoms with Gasteiger partial charge in [-0.2, -0.15) is 0 Å². The molecule has 0 radical (unpaired) electrons. The number of nitrogens with zero attached hydrogens (tertiary/aromatic N) is 4. The van der Waals surface area contributed by atoms with Crippen molar-refractivity contribution in [2.24, 2.45) is 5.92 Å². The molecule has 0 spiro atoms. The quantitative estimate of drug-likeness (QED) is 0.367. The first-order valence-electron chi connectivity index (χ1n) is 15.5. The number of amides is 1. The maximum atomic E-state index is 13.1. The van der Waals surface area contributed by atoms with Crippen LogP contribution in [-0.2, 0) is 13.0 Å². The summed E-state index contributed by atoms with van der Waals surface area (Å²) in [5, 5.41) is 4.25. The lowest BCUT2D eigenvalue weighted by molar-refractivity contribution is 0.0921. The number of benzene rings is 1. The third-order valence-corrected chi connectivity index (χ3v) is 9.57. The standard InChI is InChI=1S/C33H45N5O/c1-23(2)38-31-18-21-37(22-30(31)36-32(38)25-8-4-3-5-9-25)20-17-24-13-15-26(16-14-24)35-33(39)28-10-6-12-29-27(28)11-7-19-34-29/h6-7,10-12,19,23-26H,3-5,8-9,13-18,20-22H2,1-2H3,(H,35,39)/t24-,26-. The Balaban J connectivity index is 1.000. The van der Waals surface area contributed by atoms with Crippen molar-refractivity contribution < 1.29 is 4.79 Å². The van der Waals surface area contributed by atoms with E-state index in [0.29, 0.717) is 12.0 Å². The zero-order chi connectivity index (χ0) is 26.8. The average molecular weight is 528 g/mol. The van der Waals surface area contributed by atoms with Gasteiger partial charge in [0.25, 0.3) is 5.91 Å². The van der Waals surface area contributed by atoms with Gasteiger partial charge >= 0.3 is 0 Å². The highest BCUT2D eigenvalue weighted by atomic mass is 16.1. The van der Waals surface area contributed by atoms with Crippen molar-refractivity contribution in [2.75, 3.05) is 13.1 Å². The SMILES string of the molecule is CC(C)n1c(C2CCCCC2)nc2c1CCN(CC[C@H]1CC[C@H](NC(=O)c3cccc4ncccc34)CC1)C2. The number of hydrogen-bond acceptors (Lipinski definition) is 4. The largest absolute Gasteiger partial charge is 0.349 e. The topological polar surface area (TPSA) is 63.1 Å². The van der Waals surface area contributed by atoms with Crippen molar-refractivity contribution in [2.45, 2.75) is 109 Å². The van der Waals surface area contributed by atoms with E-state index in [4.69, 9.17) is 4.98 Å². The second-order valence-corrected chi connectivity index (χ2v) is 12.5. The van der Waals surface area contributed by atoms with Gasteiger partial charge in [0, 0.05) is 60.4 Å². The number of carbonyl (C=O) groups is 1. The molecular weight excluding hydrogens is 482 g/mol. The zero-order valence-electron chi connectivity index (χ0n) is 23.9. The van der Waals surface area contributed by atoms with E-state index < -0.39 is 0 Å². The monoisotopic (exact) mass is 527 g/mol. The number of carbonyl (C=O) groups excluding carboxylic acids is 1. The number of nitrogens with one attached hydrogen (secondary N) is 1. The van der Waals surface area contributed by atoms with Gasteiger partial charge in [-0.1, -0.05) is 31.4 Å². The maximum Gasteiger partial charge on any atom is 0.252 e. The van der Waals surface area contributed by atoms with Crippen LogP contribution >= 0.6 is 0 Å². The van der Waals surface area contributed by atoms with Crippen LogP contribution in [0.25, 0.3) is 10.9 Å². The van der Waals surface area contributed by atoms with Crippen LogP contribution in [0, 0.1) is 5.92 Å². The van der Waals surface area contributed by atoms with Crippen molar-refractivity contribution in [3.8, 4) is 0 Å². The van der Waals surface area contributed by atoms with E-state index in [9.17, 15) is 4.79 Å². The van der Waals surface area contributed by atoms with Gasteiger partial charge in [0.1, 0.15) is 5.82 Å². The highest BCUT2D eigenvalue weighted by Crippen LogP contribution is 2.36. The molecule has 3 heterocycles. The lowest BCUT2D eigenvalue weighted by Gasteiger charge is -2.32. The Kier molecular flexibility index (Phi) is 8.01. The summed E-state index contributed by atoms with van der Waals surface area (Å²) < 4.78 is 2.60. The molecule has 6 heteroatoms. The molecule has 2 saturated carbocycles. The molecule has 1 aromatic carbocycles. The van der Waals surface area contributed by atoms with Crippen LogP contribution < -0.4 is 5.32 Å². The molecule has 1 aliphatic heterocycles. The summed E-state index contributed by atoms with van der Waals surface area (Å²) in [5.41, 5.74) is 4.48. The molecule has 0 unspecified atom stereocenters. The Morgan fingerprint density at radius 3 is 2.64 bits per heavy atom. The second kappa shape index (κ2) is 11.8. The van der Waals surface area contributed by atoms with Gasteiger partial charge in [-0.3, -0.25) is 14.7 Å². The first-order valence-corrected chi connectivity index (χ1v) is 15.5.